The second-order valence-corrected chi connectivity index (χ2v) is 6.45. The third-order valence-electron chi connectivity index (χ3n) is 4.87. The van der Waals surface area contributed by atoms with Crippen LogP contribution in [-0.4, -0.2) is 49.3 Å². The summed E-state index contributed by atoms with van der Waals surface area (Å²) in [6, 6.07) is -0.537. The number of aromatic nitrogens is 3. The summed E-state index contributed by atoms with van der Waals surface area (Å²) in [4.78, 5) is 14.4. The van der Waals surface area contributed by atoms with E-state index < -0.39 is 18.4 Å². The van der Waals surface area contributed by atoms with Crippen molar-refractivity contribution in [3.8, 4) is 6.01 Å². The molecule has 0 aliphatic carbocycles. The average molecular weight is 350 g/mol. The maximum absolute atomic E-state index is 14.6. The van der Waals surface area contributed by atoms with Crippen LogP contribution in [0.3, 0.4) is 0 Å². The van der Waals surface area contributed by atoms with Crippen molar-refractivity contribution in [3.05, 3.63) is 17.2 Å². The van der Waals surface area contributed by atoms with Crippen molar-refractivity contribution in [1.82, 2.24) is 15.0 Å². The Kier molecular flexibility index (Phi) is 3.94. The van der Waals surface area contributed by atoms with Crippen molar-refractivity contribution in [2.75, 3.05) is 11.4 Å². The molecule has 8 nitrogen and oxygen atoms in total. The monoisotopic (exact) mass is 350 g/mol. The molecule has 9 heteroatoms. The number of aryl methyl sites for hydroxylation is 1. The van der Waals surface area contributed by atoms with Crippen molar-refractivity contribution >= 4 is 16.7 Å². The van der Waals surface area contributed by atoms with Gasteiger partial charge >= 0.3 is 12.5 Å². The summed E-state index contributed by atoms with van der Waals surface area (Å²) >= 11 is 0. The molecule has 1 saturated heterocycles. The highest BCUT2D eigenvalue weighted by atomic mass is 19.1. The summed E-state index contributed by atoms with van der Waals surface area (Å²) in [6.07, 6.45) is 2.84. The highest BCUT2D eigenvalue weighted by molar-refractivity contribution is 5.94. The Hall–Kier alpha value is -2.10. The number of halogens is 1. The molecule has 0 bridgehead atoms. The second kappa shape index (κ2) is 6.01. The summed E-state index contributed by atoms with van der Waals surface area (Å²) in [7, 11) is 0. The zero-order valence-electron chi connectivity index (χ0n) is 13.7. The lowest BCUT2D eigenvalue weighted by atomic mass is 9.94. The molecule has 4 rings (SSSR count). The lowest BCUT2D eigenvalue weighted by Crippen LogP contribution is -2.43. The molecule has 2 aromatic heterocycles. The van der Waals surface area contributed by atoms with Gasteiger partial charge in [0.1, 0.15) is 17.4 Å². The van der Waals surface area contributed by atoms with Crippen LogP contribution in [0.1, 0.15) is 43.2 Å². The van der Waals surface area contributed by atoms with Gasteiger partial charge < -0.3 is 25.0 Å². The van der Waals surface area contributed by atoms with E-state index in [1.54, 1.807) is 0 Å². The van der Waals surface area contributed by atoms with E-state index in [9.17, 15) is 9.50 Å². The first-order valence-corrected chi connectivity index (χ1v) is 8.32. The topological polar surface area (TPSA) is 112 Å². The van der Waals surface area contributed by atoms with Gasteiger partial charge in [0.15, 0.2) is 5.82 Å². The molecule has 0 radical (unpaired) electrons. The summed E-state index contributed by atoms with van der Waals surface area (Å²) in [5.41, 5.74) is 0.441. The van der Waals surface area contributed by atoms with Crippen LogP contribution in [0.4, 0.5) is 10.2 Å². The standard InChI is InChI=1S/C16H19FN4O4/c1-7-10(17)11-9-12(18-7)13(22)8-5-3-2-4-6-21(8)14(9)20-15(19-11)25-16(23)24/h8,13,16,22-24H,2-6H2,1H3. The molecule has 25 heavy (non-hydrogen) atoms. The molecule has 0 amide bonds. The van der Waals surface area contributed by atoms with Gasteiger partial charge in [-0.15, -0.1) is 0 Å². The second-order valence-electron chi connectivity index (χ2n) is 6.45. The average Bonchev–Trinajstić information content (AvgIpc) is 2.82. The number of pyridine rings is 1. The molecule has 2 unspecified atom stereocenters. The molecule has 2 aliphatic rings. The van der Waals surface area contributed by atoms with Gasteiger partial charge in [0.2, 0.25) is 0 Å². The maximum Gasteiger partial charge on any atom is 0.323 e. The van der Waals surface area contributed by atoms with Crippen LogP contribution in [0.15, 0.2) is 0 Å². The largest absolute Gasteiger partial charge is 0.408 e. The smallest absolute Gasteiger partial charge is 0.323 e. The first-order valence-electron chi connectivity index (χ1n) is 8.32. The molecular formula is C16H19FN4O4. The quantitative estimate of drug-likeness (QED) is 0.686. The van der Waals surface area contributed by atoms with Crippen molar-refractivity contribution in [3.63, 3.8) is 0 Å². The Morgan fingerprint density at radius 3 is 2.76 bits per heavy atom. The Balaban J connectivity index is 2.00. The van der Waals surface area contributed by atoms with Gasteiger partial charge in [-0.2, -0.15) is 9.97 Å². The predicted octanol–water partition coefficient (Wildman–Crippen LogP) is 0.915. The normalized spacial score (nSPS) is 22.9. The minimum atomic E-state index is -2.11. The van der Waals surface area contributed by atoms with E-state index in [2.05, 4.69) is 15.0 Å². The molecule has 2 aromatic rings. The number of nitrogens with zero attached hydrogens (tertiary/aromatic N) is 4. The van der Waals surface area contributed by atoms with E-state index in [1.807, 2.05) is 4.90 Å². The first kappa shape index (κ1) is 16.4. The van der Waals surface area contributed by atoms with Crippen molar-refractivity contribution in [1.29, 1.82) is 0 Å². The minimum absolute atomic E-state index is 0.0371. The van der Waals surface area contributed by atoms with Gasteiger partial charge in [-0.1, -0.05) is 12.8 Å². The van der Waals surface area contributed by atoms with Gasteiger partial charge in [0, 0.05) is 6.54 Å². The fraction of sp³-hybridized carbons (Fsp3) is 0.562. The fourth-order valence-corrected chi connectivity index (χ4v) is 3.76. The lowest BCUT2D eigenvalue weighted by molar-refractivity contribution is -0.183. The minimum Gasteiger partial charge on any atom is -0.408 e. The Morgan fingerprint density at radius 1 is 1.20 bits per heavy atom. The summed E-state index contributed by atoms with van der Waals surface area (Å²) in [5, 5.41) is 29.3. The van der Waals surface area contributed by atoms with Crippen molar-refractivity contribution in [2.24, 2.45) is 0 Å². The SMILES string of the molecule is Cc1nc2c3c(nc(OC(O)O)nc3c1F)N1CCCCCC1C2O. The van der Waals surface area contributed by atoms with E-state index in [0.717, 1.165) is 25.7 Å². The lowest BCUT2D eigenvalue weighted by Gasteiger charge is -2.39. The number of aliphatic hydroxyl groups is 3. The van der Waals surface area contributed by atoms with E-state index in [1.165, 1.54) is 6.92 Å². The Bertz CT molecular complexity index is 832. The zero-order chi connectivity index (χ0) is 17.7. The summed E-state index contributed by atoms with van der Waals surface area (Å²) in [5.74, 6) is -0.223. The van der Waals surface area contributed by atoms with Crippen LogP contribution < -0.4 is 9.64 Å². The molecule has 2 aliphatic heterocycles. The highest BCUT2D eigenvalue weighted by Gasteiger charge is 2.39. The van der Waals surface area contributed by atoms with Gasteiger partial charge in [-0.05, 0) is 19.8 Å². The Morgan fingerprint density at radius 2 is 2.00 bits per heavy atom. The highest BCUT2D eigenvalue weighted by Crippen LogP contribution is 2.43. The number of fused-ring (bicyclic) bond motifs is 2. The number of anilines is 1. The zero-order valence-corrected chi connectivity index (χ0v) is 13.7. The molecule has 0 spiro atoms. The number of rotatable bonds is 2. The summed E-state index contributed by atoms with van der Waals surface area (Å²) in [6.45, 7) is 0.0501. The number of ether oxygens (including phenoxy) is 1. The Labute approximate surface area is 142 Å². The predicted molar refractivity (Wildman–Crippen MR) is 85.4 cm³/mol. The number of hydrogen-bond donors (Lipinski definition) is 3. The molecule has 1 fully saturated rings. The van der Waals surface area contributed by atoms with Crippen LogP contribution in [0.2, 0.25) is 0 Å². The van der Waals surface area contributed by atoms with Crippen molar-refractivity contribution < 1.29 is 24.4 Å². The van der Waals surface area contributed by atoms with Crippen LogP contribution in [0, 0.1) is 12.7 Å². The third kappa shape index (κ3) is 2.59. The molecule has 4 heterocycles. The van der Waals surface area contributed by atoms with E-state index in [0.29, 0.717) is 23.4 Å². The van der Waals surface area contributed by atoms with Gasteiger partial charge in [-0.3, -0.25) is 4.98 Å². The van der Waals surface area contributed by atoms with Crippen LogP contribution in [0.25, 0.3) is 10.9 Å². The molecule has 0 saturated carbocycles. The molecule has 134 valence electrons. The maximum atomic E-state index is 14.6. The van der Waals surface area contributed by atoms with Crippen LogP contribution in [-0.2, 0) is 0 Å². The fourth-order valence-electron chi connectivity index (χ4n) is 3.76. The van der Waals surface area contributed by atoms with Gasteiger partial charge in [0.05, 0.1) is 22.8 Å². The van der Waals surface area contributed by atoms with Gasteiger partial charge in [-0.25, -0.2) is 4.39 Å². The number of hydrogen-bond acceptors (Lipinski definition) is 8. The number of aliphatic hydroxyl groups excluding tert-OH is 2. The van der Waals surface area contributed by atoms with Crippen LogP contribution >= 0.6 is 0 Å². The van der Waals surface area contributed by atoms with Gasteiger partial charge in [0.25, 0.3) is 0 Å². The first-order chi connectivity index (χ1) is 12.0. The van der Waals surface area contributed by atoms with Crippen molar-refractivity contribution in [2.45, 2.75) is 51.2 Å². The van der Waals surface area contributed by atoms with E-state index in [-0.39, 0.29) is 23.3 Å². The third-order valence-corrected chi connectivity index (χ3v) is 4.87. The molecule has 0 aromatic carbocycles. The van der Waals surface area contributed by atoms with E-state index in [4.69, 9.17) is 14.9 Å². The van der Waals surface area contributed by atoms with E-state index >= 15 is 0 Å². The molecule has 2 atom stereocenters. The molecule has 3 N–H and O–H groups in total. The molecular weight excluding hydrogens is 331 g/mol. The van der Waals surface area contributed by atoms with Crippen LogP contribution in [0.5, 0.6) is 6.01 Å². The summed E-state index contributed by atoms with van der Waals surface area (Å²) < 4.78 is 19.4.